The fourth-order valence-corrected chi connectivity index (χ4v) is 3.32. The van der Waals surface area contributed by atoms with Gasteiger partial charge in [-0.05, 0) is 49.8 Å². The van der Waals surface area contributed by atoms with Crippen molar-refractivity contribution < 1.29 is 19.4 Å². The topological polar surface area (TPSA) is 93.8 Å². The van der Waals surface area contributed by atoms with Crippen molar-refractivity contribution in [3.8, 4) is 0 Å². The molecule has 0 fully saturated rings. The van der Waals surface area contributed by atoms with E-state index in [2.05, 4.69) is 19.2 Å². The first-order valence-corrected chi connectivity index (χ1v) is 9.24. The Kier molecular flexibility index (Phi) is 7.48. The summed E-state index contributed by atoms with van der Waals surface area (Å²) in [6.07, 6.45) is 2.84. The Morgan fingerprint density at radius 1 is 1.38 bits per heavy atom. The normalized spacial score (nSPS) is 22.7. The monoisotopic (exact) mass is 362 g/mol. The predicted octanol–water partition coefficient (Wildman–Crippen LogP) is 3.14. The molecule has 0 bridgehead atoms. The first-order chi connectivity index (χ1) is 12.5. The summed E-state index contributed by atoms with van der Waals surface area (Å²) < 4.78 is 11.7. The van der Waals surface area contributed by atoms with Gasteiger partial charge in [-0.2, -0.15) is 0 Å². The van der Waals surface area contributed by atoms with Crippen molar-refractivity contribution in [3.05, 3.63) is 36.1 Å². The van der Waals surface area contributed by atoms with Crippen molar-refractivity contribution in [2.75, 3.05) is 24.3 Å². The molecule has 0 saturated carbocycles. The van der Waals surface area contributed by atoms with E-state index in [-0.39, 0.29) is 30.1 Å². The molecule has 1 aliphatic heterocycles. The van der Waals surface area contributed by atoms with Gasteiger partial charge in [-0.3, -0.25) is 4.79 Å². The van der Waals surface area contributed by atoms with Crippen molar-refractivity contribution in [1.29, 1.82) is 0 Å². The first-order valence-electron chi connectivity index (χ1n) is 9.24. The highest BCUT2D eigenvalue weighted by molar-refractivity contribution is 6.04. The van der Waals surface area contributed by atoms with E-state index in [1.807, 2.05) is 25.1 Å². The summed E-state index contributed by atoms with van der Waals surface area (Å²) in [5.41, 5.74) is 6.96. The van der Waals surface area contributed by atoms with Crippen molar-refractivity contribution in [2.45, 2.75) is 39.9 Å². The first kappa shape index (κ1) is 20.3. The average Bonchev–Trinajstić information content (AvgIpc) is 2.62. The van der Waals surface area contributed by atoms with E-state index in [1.54, 1.807) is 12.1 Å². The number of nitrogens with one attached hydrogen (secondary N) is 1. The van der Waals surface area contributed by atoms with Gasteiger partial charge in [0.2, 0.25) is 6.29 Å². The van der Waals surface area contributed by atoms with Gasteiger partial charge in [-0.15, -0.1) is 0 Å². The summed E-state index contributed by atoms with van der Waals surface area (Å²) in [5.74, 6) is 0.459. The number of para-hydroxylation sites is 2. The number of allylic oxidation sites excluding steroid dienone is 1. The number of benzene rings is 1. The minimum Gasteiger partial charge on any atom is -0.459 e. The molecule has 6 heteroatoms. The molecular formula is C20H30N2O4. The molecule has 6 nitrogen and oxygen atoms in total. The third-order valence-electron chi connectivity index (χ3n) is 4.66. The van der Waals surface area contributed by atoms with Crippen LogP contribution in [0.25, 0.3) is 0 Å². The number of nitrogen functional groups attached to an aromatic ring is 1. The Balaban J connectivity index is 2.23. The van der Waals surface area contributed by atoms with Gasteiger partial charge in [0, 0.05) is 19.1 Å². The molecule has 1 aromatic rings. The van der Waals surface area contributed by atoms with Crippen LogP contribution in [0, 0.1) is 17.8 Å². The minimum absolute atomic E-state index is 0.0976. The van der Waals surface area contributed by atoms with E-state index in [4.69, 9.17) is 15.2 Å². The number of amides is 1. The van der Waals surface area contributed by atoms with E-state index in [1.165, 1.54) is 0 Å². The van der Waals surface area contributed by atoms with Crippen LogP contribution in [0.2, 0.25) is 0 Å². The third-order valence-corrected chi connectivity index (χ3v) is 4.66. The molecule has 0 unspecified atom stereocenters. The Morgan fingerprint density at radius 3 is 2.73 bits per heavy atom. The van der Waals surface area contributed by atoms with Crippen LogP contribution in [-0.2, 0) is 14.3 Å². The lowest BCUT2D eigenvalue weighted by Crippen LogP contribution is -2.40. The van der Waals surface area contributed by atoms with Gasteiger partial charge in [0.25, 0.3) is 5.91 Å². The molecule has 0 radical (unpaired) electrons. The lowest BCUT2D eigenvalue weighted by atomic mass is 9.78. The predicted molar refractivity (Wildman–Crippen MR) is 102 cm³/mol. The smallest absolute Gasteiger partial charge is 0.290 e. The number of hydrogen-bond acceptors (Lipinski definition) is 5. The largest absolute Gasteiger partial charge is 0.459 e. The fourth-order valence-electron chi connectivity index (χ4n) is 3.32. The zero-order valence-electron chi connectivity index (χ0n) is 15.8. The number of rotatable bonds is 8. The zero-order valence-corrected chi connectivity index (χ0v) is 15.8. The van der Waals surface area contributed by atoms with Crippen LogP contribution >= 0.6 is 0 Å². The molecule has 1 heterocycles. The molecule has 1 aromatic carbocycles. The molecule has 0 saturated heterocycles. The fraction of sp³-hybridized carbons (Fsp3) is 0.550. The van der Waals surface area contributed by atoms with Crippen LogP contribution in [0.4, 0.5) is 11.4 Å². The number of aliphatic hydroxyl groups is 1. The molecule has 0 spiro atoms. The number of anilines is 2. The summed E-state index contributed by atoms with van der Waals surface area (Å²) in [6, 6.07) is 7.11. The van der Waals surface area contributed by atoms with E-state index in [0.29, 0.717) is 30.3 Å². The minimum atomic E-state index is -0.502. The highest BCUT2D eigenvalue weighted by Crippen LogP contribution is 2.37. The molecule has 1 aliphatic rings. The van der Waals surface area contributed by atoms with Crippen LogP contribution < -0.4 is 11.1 Å². The van der Waals surface area contributed by atoms with Crippen LogP contribution in [-0.4, -0.2) is 30.5 Å². The summed E-state index contributed by atoms with van der Waals surface area (Å²) in [6.45, 7) is 6.76. The van der Waals surface area contributed by atoms with Crippen LogP contribution in [0.5, 0.6) is 0 Å². The summed E-state index contributed by atoms with van der Waals surface area (Å²) in [7, 11) is 0. The number of aliphatic hydroxyl groups excluding tert-OH is 1. The van der Waals surface area contributed by atoms with Gasteiger partial charge >= 0.3 is 0 Å². The van der Waals surface area contributed by atoms with Crippen molar-refractivity contribution in [2.24, 2.45) is 17.8 Å². The van der Waals surface area contributed by atoms with Gasteiger partial charge < -0.3 is 25.6 Å². The molecule has 26 heavy (non-hydrogen) atoms. The molecule has 0 aromatic heterocycles. The summed E-state index contributed by atoms with van der Waals surface area (Å²) in [5, 5.41) is 12.0. The van der Waals surface area contributed by atoms with E-state index < -0.39 is 6.29 Å². The van der Waals surface area contributed by atoms with Gasteiger partial charge in [0.15, 0.2) is 5.76 Å². The lowest BCUT2D eigenvalue weighted by Gasteiger charge is -2.38. The maximum Gasteiger partial charge on any atom is 0.290 e. The van der Waals surface area contributed by atoms with Crippen LogP contribution in [0.1, 0.15) is 33.6 Å². The zero-order chi connectivity index (χ0) is 19.1. The highest BCUT2D eigenvalue weighted by atomic mass is 16.7. The molecular weight excluding hydrogens is 332 g/mol. The van der Waals surface area contributed by atoms with E-state index >= 15 is 0 Å². The van der Waals surface area contributed by atoms with Gasteiger partial charge in [0.1, 0.15) is 0 Å². The van der Waals surface area contributed by atoms with E-state index in [0.717, 1.165) is 6.42 Å². The second kappa shape index (κ2) is 9.59. The average molecular weight is 362 g/mol. The molecule has 4 N–H and O–H groups in total. The number of carbonyl (C=O) groups is 1. The summed E-state index contributed by atoms with van der Waals surface area (Å²) in [4.78, 5) is 12.7. The Bertz CT molecular complexity index is 630. The standard InChI is InChI=1S/C20H30N2O4/c1-4-25-20-14(8-7-11-23)15(13(2)3)12-18(26-20)19(24)22-17-10-6-5-9-16(17)21/h5-6,9-10,12-15,20,23H,4,7-8,11,21H2,1-3H3,(H,22,24)/t14-,15-,20-/m1/s1. The quantitative estimate of drug-likeness (QED) is 0.618. The number of nitrogens with two attached hydrogens (primary N) is 1. The number of ether oxygens (including phenoxy) is 2. The van der Waals surface area contributed by atoms with Crippen molar-refractivity contribution in [1.82, 2.24) is 0 Å². The van der Waals surface area contributed by atoms with Gasteiger partial charge in [0.05, 0.1) is 11.4 Å². The lowest BCUT2D eigenvalue weighted by molar-refractivity contribution is -0.173. The highest BCUT2D eigenvalue weighted by Gasteiger charge is 2.38. The molecule has 0 aliphatic carbocycles. The molecule has 144 valence electrons. The van der Waals surface area contributed by atoms with Gasteiger partial charge in [-0.25, -0.2) is 0 Å². The van der Waals surface area contributed by atoms with Crippen molar-refractivity contribution in [3.63, 3.8) is 0 Å². The Morgan fingerprint density at radius 2 is 2.12 bits per heavy atom. The second-order valence-corrected chi connectivity index (χ2v) is 6.86. The van der Waals surface area contributed by atoms with Crippen LogP contribution in [0.15, 0.2) is 36.1 Å². The maximum absolute atomic E-state index is 12.7. The third kappa shape index (κ3) is 4.99. The molecule has 1 amide bonds. The number of carbonyl (C=O) groups excluding carboxylic acids is 1. The molecule has 3 atom stereocenters. The number of hydrogen-bond donors (Lipinski definition) is 3. The van der Waals surface area contributed by atoms with Gasteiger partial charge in [-0.1, -0.05) is 26.0 Å². The molecule has 2 rings (SSSR count). The maximum atomic E-state index is 12.7. The second-order valence-electron chi connectivity index (χ2n) is 6.86. The SMILES string of the molecule is CCO[C@@H]1OC(C(=O)Nc2ccccc2N)=C[C@H](C(C)C)[C@H]1CCCO. The summed E-state index contributed by atoms with van der Waals surface area (Å²) >= 11 is 0. The van der Waals surface area contributed by atoms with E-state index in [9.17, 15) is 9.90 Å². The van der Waals surface area contributed by atoms with Crippen molar-refractivity contribution >= 4 is 17.3 Å². The Labute approximate surface area is 155 Å². The Hall–Kier alpha value is -2.05. The van der Waals surface area contributed by atoms with Crippen LogP contribution in [0.3, 0.4) is 0 Å².